The average molecular weight is 231 g/mol. The molecule has 1 aliphatic rings. The van der Waals surface area contributed by atoms with Gasteiger partial charge in [0.1, 0.15) is 0 Å². The molecule has 0 fully saturated rings. The van der Waals surface area contributed by atoms with Gasteiger partial charge in [0.2, 0.25) is 0 Å². The summed E-state index contributed by atoms with van der Waals surface area (Å²) in [5, 5.41) is 10.2. The van der Waals surface area contributed by atoms with Crippen molar-refractivity contribution in [3.05, 3.63) is 35.8 Å². The van der Waals surface area contributed by atoms with Gasteiger partial charge in [-0.2, -0.15) is 0 Å². The first-order valence-corrected chi connectivity index (χ1v) is 4.93. The van der Waals surface area contributed by atoms with E-state index in [9.17, 15) is 5.11 Å². The second-order valence-corrected chi connectivity index (χ2v) is 3.16. The van der Waals surface area contributed by atoms with E-state index < -0.39 is 0 Å². The van der Waals surface area contributed by atoms with Crippen LogP contribution < -0.4 is 0 Å². The quantitative estimate of drug-likeness (QED) is 0.458. The van der Waals surface area contributed by atoms with Gasteiger partial charge in [-0.15, -0.1) is 0 Å². The van der Waals surface area contributed by atoms with Crippen LogP contribution in [-0.2, 0) is 4.74 Å². The van der Waals surface area contributed by atoms with Gasteiger partial charge in [0.25, 0.3) is 5.95 Å². The molecule has 12 heavy (non-hydrogen) atoms. The topological polar surface area (TPSA) is 29.5 Å². The van der Waals surface area contributed by atoms with E-state index in [-0.39, 0.29) is 5.95 Å². The first-order valence-electron chi connectivity index (χ1n) is 3.81. The van der Waals surface area contributed by atoms with Crippen molar-refractivity contribution < 1.29 is 9.84 Å². The zero-order chi connectivity index (χ0) is 8.81. The van der Waals surface area contributed by atoms with Gasteiger partial charge >= 0.3 is 0 Å². The largest absolute Gasteiger partial charge is 0.481 e. The van der Waals surface area contributed by atoms with Crippen molar-refractivity contribution in [3.63, 3.8) is 0 Å². The normalized spacial score (nSPS) is 13.9. The van der Waals surface area contributed by atoms with Crippen molar-refractivity contribution in [2.24, 2.45) is 0 Å². The van der Waals surface area contributed by atoms with E-state index in [1.807, 2.05) is 24.3 Å². The molecule has 66 valence electrons. The zero-order valence-electron chi connectivity index (χ0n) is 6.66. The predicted octanol–water partition coefficient (Wildman–Crippen LogP) is 2.68. The lowest BCUT2D eigenvalue weighted by molar-refractivity contribution is 0.0922. The maximum absolute atomic E-state index is 9.32. The highest BCUT2D eigenvalue weighted by molar-refractivity contribution is 9.09. The van der Waals surface area contributed by atoms with Gasteiger partial charge in [0, 0.05) is 5.33 Å². The lowest BCUT2D eigenvalue weighted by Crippen LogP contribution is -1.96. The summed E-state index contributed by atoms with van der Waals surface area (Å²) in [5.74, 6) is 0.0148. The molecule has 0 radical (unpaired) electrons. The van der Waals surface area contributed by atoms with Gasteiger partial charge in [0.05, 0.1) is 12.2 Å². The van der Waals surface area contributed by atoms with Crippen molar-refractivity contribution in [1.29, 1.82) is 0 Å². The fourth-order valence-corrected chi connectivity index (χ4v) is 1.05. The van der Waals surface area contributed by atoms with Crippen molar-refractivity contribution in [2.75, 3.05) is 11.9 Å². The number of aliphatic hydroxyl groups is 1. The SMILES string of the molecule is OC(OCCCBr)=C1C=CC=C1. The average Bonchev–Trinajstić information content (AvgIpc) is 2.56. The molecule has 0 heterocycles. The molecule has 0 atom stereocenters. The molecule has 0 saturated carbocycles. The lowest BCUT2D eigenvalue weighted by Gasteiger charge is -2.03. The second kappa shape index (κ2) is 5.04. The molecular weight excluding hydrogens is 220 g/mol. The molecule has 0 spiro atoms. The Balaban J connectivity index is 2.36. The van der Waals surface area contributed by atoms with Crippen LogP contribution in [0.1, 0.15) is 6.42 Å². The Kier molecular flexibility index (Phi) is 3.94. The summed E-state index contributed by atoms with van der Waals surface area (Å²) in [6, 6.07) is 0. The molecule has 2 nitrogen and oxygen atoms in total. The smallest absolute Gasteiger partial charge is 0.284 e. The van der Waals surface area contributed by atoms with Crippen LogP contribution in [0.2, 0.25) is 0 Å². The van der Waals surface area contributed by atoms with Gasteiger partial charge in [-0.05, 0) is 18.6 Å². The zero-order valence-corrected chi connectivity index (χ0v) is 8.25. The summed E-state index contributed by atoms with van der Waals surface area (Å²) < 4.78 is 5.07. The minimum absolute atomic E-state index is 0.0148. The first kappa shape index (κ1) is 9.39. The van der Waals surface area contributed by atoms with E-state index >= 15 is 0 Å². The summed E-state index contributed by atoms with van der Waals surface area (Å²) in [4.78, 5) is 0. The number of rotatable bonds is 4. The van der Waals surface area contributed by atoms with Crippen molar-refractivity contribution in [1.82, 2.24) is 0 Å². The van der Waals surface area contributed by atoms with Crippen LogP contribution >= 0.6 is 15.9 Å². The molecule has 0 saturated heterocycles. The summed E-state index contributed by atoms with van der Waals surface area (Å²) in [6.07, 6.45) is 8.23. The highest BCUT2D eigenvalue weighted by Crippen LogP contribution is 2.12. The molecule has 0 unspecified atom stereocenters. The van der Waals surface area contributed by atoms with Gasteiger partial charge in [-0.25, -0.2) is 0 Å². The molecule has 1 aliphatic carbocycles. The van der Waals surface area contributed by atoms with Gasteiger partial charge in [0.15, 0.2) is 0 Å². The summed E-state index contributed by atoms with van der Waals surface area (Å²) in [5.41, 5.74) is 0.740. The maximum atomic E-state index is 9.32. The molecule has 3 heteroatoms. The van der Waals surface area contributed by atoms with Crippen LogP contribution in [0.4, 0.5) is 0 Å². The fraction of sp³-hybridized carbons (Fsp3) is 0.333. The van der Waals surface area contributed by atoms with E-state index in [0.29, 0.717) is 6.61 Å². The summed E-state index contributed by atoms with van der Waals surface area (Å²) >= 11 is 3.28. The van der Waals surface area contributed by atoms with E-state index in [0.717, 1.165) is 17.3 Å². The number of halogens is 1. The van der Waals surface area contributed by atoms with Crippen molar-refractivity contribution in [3.8, 4) is 0 Å². The first-order chi connectivity index (χ1) is 5.84. The minimum atomic E-state index is 0.0148. The van der Waals surface area contributed by atoms with E-state index in [1.165, 1.54) is 0 Å². The number of aliphatic hydroxyl groups excluding tert-OH is 1. The molecule has 1 N–H and O–H groups in total. The summed E-state index contributed by atoms with van der Waals surface area (Å²) in [7, 11) is 0. The lowest BCUT2D eigenvalue weighted by atomic mass is 10.3. The van der Waals surface area contributed by atoms with Crippen LogP contribution in [0.25, 0.3) is 0 Å². The number of hydrogen-bond donors (Lipinski definition) is 1. The Hall–Kier alpha value is -0.700. The monoisotopic (exact) mass is 230 g/mol. The van der Waals surface area contributed by atoms with Crippen LogP contribution in [-0.4, -0.2) is 17.0 Å². The van der Waals surface area contributed by atoms with Gasteiger partial charge in [-0.3, -0.25) is 0 Å². The van der Waals surface area contributed by atoms with Gasteiger partial charge < -0.3 is 9.84 Å². The van der Waals surface area contributed by atoms with Crippen LogP contribution in [0.3, 0.4) is 0 Å². The Bertz CT molecular complexity index is 215. The number of ether oxygens (including phenoxy) is 1. The third kappa shape index (κ3) is 2.74. The molecule has 0 aromatic carbocycles. The number of allylic oxidation sites excluding steroid dienone is 5. The molecular formula is C9H11BrO2. The van der Waals surface area contributed by atoms with Gasteiger partial charge in [-0.1, -0.05) is 28.1 Å². The highest BCUT2D eigenvalue weighted by Gasteiger charge is 2.02. The molecule has 0 aromatic rings. The maximum Gasteiger partial charge on any atom is 0.284 e. The van der Waals surface area contributed by atoms with Crippen LogP contribution in [0, 0.1) is 0 Å². The minimum Gasteiger partial charge on any atom is -0.481 e. The Morgan fingerprint density at radius 1 is 1.42 bits per heavy atom. The molecule has 1 rings (SSSR count). The van der Waals surface area contributed by atoms with E-state index in [1.54, 1.807) is 0 Å². The van der Waals surface area contributed by atoms with Crippen LogP contribution in [0.15, 0.2) is 35.8 Å². The van der Waals surface area contributed by atoms with Crippen molar-refractivity contribution in [2.45, 2.75) is 6.42 Å². The van der Waals surface area contributed by atoms with Crippen molar-refractivity contribution >= 4 is 15.9 Å². The Labute approximate surface area is 80.4 Å². The van der Waals surface area contributed by atoms with E-state index in [4.69, 9.17) is 4.74 Å². The molecule has 0 aliphatic heterocycles. The van der Waals surface area contributed by atoms with E-state index in [2.05, 4.69) is 15.9 Å². The molecule has 0 aromatic heterocycles. The Morgan fingerprint density at radius 3 is 2.67 bits per heavy atom. The van der Waals surface area contributed by atoms with Crippen LogP contribution in [0.5, 0.6) is 0 Å². The standard InChI is InChI=1S/C9H11BrO2/c10-6-3-7-12-9(11)8-4-1-2-5-8/h1-2,4-5,11H,3,6-7H2. The second-order valence-electron chi connectivity index (χ2n) is 2.37. The highest BCUT2D eigenvalue weighted by atomic mass is 79.9. The number of hydrogen-bond acceptors (Lipinski definition) is 2. The molecule has 0 amide bonds. The third-order valence-corrected chi connectivity index (χ3v) is 1.99. The number of alkyl halides is 1. The Morgan fingerprint density at radius 2 is 2.08 bits per heavy atom. The molecule has 0 bridgehead atoms. The third-order valence-electron chi connectivity index (χ3n) is 1.43. The predicted molar refractivity (Wildman–Crippen MR) is 52.3 cm³/mol. The summed E-state index contributed by atoms with van der Waals surface area (Å²) in [6.45, 7) is 0.544. The fourth-order valence-electron chi connectivity index (χ4n) is 0.823.